The van der Waals surface area contributed by atoms with Crippen LogP contribution in [0.25, 0.3) is 0 Å². The highest BCUT2D eigenvalue weighted by molar-refractivity contribution is 5.94. The van der Waals surface area contributed by atoms with Gasteiger partial charge in [-0.1, -0.05) is 18.6 Å². The first-order chi connectivity index (χ1) is 9.67. The van der Waals surface area contributed by atoms with Crippen LogP contribution in [0.5, 0.6) is 0 Å². The molecule has 20 heavy (non-hydrogen) atoms. The van der Waals surface area contributed by atoms with Crippen molar-refractivity contribution in [3.05, 3.63) is 35.4 Å². The van der Waals surface area contributed by atoms with Gasteiger partial charge < -0.3 is 16.4 Å². The molecular formula is C15H23N3O2. The van der Waals surface area contributed by atoms with Gasteiger partial charge in [-0.3, -0.25) is 9.59 Å². The summed E-state index contributed by atoms with van der Waals surface area (Å²) >= 11 is 0. The molecule has 0 radical (unpaired) electrons. The van der Waals surface area contributed by atoms with Gasteiger partial charge in [-0.15, -0.1) is 0 Å². The lowest BCUT2D eigenvalue weighted by molar-refractivity contribution is -0.120. The molecule has 0 aromatic heterocycles. The fraction of sp³-hybridized carbons (Fsp3) is 0.467. The van der Waals surface area contributed by atoms with Crippen LogP contribution in [0.15, 0.2) is 24.3 Å². The van der Waals surface area contributed by atoms with Crippen molar-refractivity contribution in [1.29, 1.82) is 0 Å². The predicted molar refractivity (Wildman–Crippen MR) is 79.2 cm³/mol. The van der Waals surface area contributed by atoms with Crippen molar-refractivity contribution in [2.24, 2.45) is 5.73 Å². The Morgan fingerprint density at radius 1 is 1.10 bits per heavy atom. The van der Waals surface area contributed by atoms with E-state index in [-0.39, 0.29) is 11.8 Å². The molecule has 0 saturated carbocycles. The van der Waals surface area contributed by atoms with Gasteiger partial charge in [0.2, 0.25) is 5.91 Å². The van der Waals surface area contributed by atoms with Crippen LogP contribution in [0, 0.1) is 0 Å². The largest absolute Gasteiger partial charge is 0.359 e. The summed E-state index contributed by atoms with van der Waals surface area (Å²) < 4.78 is 0. The first kappa shape index (κ1) is 16.2. The van der Waals surface area contributed by atoms with E-state index in [0.29, 0.717) is 25.1 Å². The number of carbonyl (C=O) groups is 2. The second-order valence-electron chi connectivity index (χ2n) is 4.64. The zero-order chi connectivity index (χ0) is 14.8. The molecule has 0 aliphatic heterocycles. The Labute approximate surface area is 119 Å². The second-order valence-corrected chi connectivity index (χ2v) is 4.64. The predicted octanol–water partition coefficient (Wildman–Crippen LogP) is 1.18. The lowest BCUT2D eigenvalue weighted by atomic mass is 10.1. The summed E-state index contributed by atoms with van der Waals surface area (Å²) in [6, 6.07) is 7.28. The van der Waals surface area contributed by atoms with Crippen LogP contribution >= 0.6 is 0 Å². The van der Waals surface area contributed by atoms with Crippen LogP contribution in [0.2, 0.25) is 0 Å². The summed E-state index contributed by atoms with van der Waals surface area (Å²) in [4.78, 5) is 22.8. The standard InChI is InChI=1S/C15H23N3O2/c1-17-14(19)5-3-2-4-10-18-15(20)13-8-6-12(11-16)7-9-13/h6-9H,2-5,10-11,16H2,1H3,(H,17,19)(H,18,20). The highest BCUT2D eigenvalue weighted by Crippen LogP contribution is 2.04. The van der Waals surface area contributed by atoms with E-state index in [9.17, 15) is 9.59 Å². The molecule has 0 aliphatic carbocycles. The molecule has 0 spiro atoms. The minimum absolute atomic E-state index is 0.0639. The topological polar surface area (TPSA) is 84.2 Å². The molecule has 110 valence electrons. The Morgan fingerprint density at radius 2 is 1.80 bits per heavy atom. The number of amides is 2. The first-order valence-electron chi connectivity index (χ1n) is 6.95. The lowest BCUT2D eigenvalue weighted by Gasteiger charge is -2.06. The molecule has 0 saturated heterocycles. The zero-order valence-corrected chi connectivity index (χ0v) is 11.9. The normalized spacial score (nSPS) is 10.1. The Kier molecular flexibility index (Phi) is 7.35. The number of nitrogens with two attached hydrogens (primary N) is 1. The van der Waals surface area contributed by atoms with E-state index in [2.05, 4.69) is 10.6 Å². The number of carbonyl (C=O) groups excluding carboxylic acids is 2. The third-order valence-electron chi connectivity index (χ3n) is 3.10. The molecule has 1 aromatic rings. The molecule has 0 fully saturated rings. The van der Waals surface area contributed by atoms with Crippen LogP contribution < -0.4 is 16.4 Å². The molecule has 5 nitrogen and oxygen atoms in total. The van der Waals surface area contributed by atoms with Gasteiger partial charge in [0.15, 0.2) is 0 Å². The van der Waals surface area contributed by atoms with E-state index in [4.69, 9.17) is 5.73 Å². The molecule has 0 heterocycles. The highest BCUT2D eigenvalue weighted by Gasteiger charge is 2.04. The smallest absolute Gasteiger partial charge is 0.251 e. The molecule has 0 aliphatic rings. The molecule has 2 amide bonds. The summed E-state index contributed by atoms with van der Waals surface area (Å²) in [5, 5.41) is 5.46. The summed E-state index contributed by atoms with van der Waals surface area (Å²) in [5.74, 6) is -0.00565. The van der Waals surface area contributed by atoms with Gasteiger partial charge >= 0.3 is 0 Å². The average Bonchev–Trinajstić information content (AvgIpc) is 2.50. The number of hydrogen-bond donors (Lipinski definition) is 3. The van der Waals surface area contributed by atoms with Gasteiger partial charge in [0.25, 0.3) is 5.91 Å². The van der Waals surface area contributed by atoms with Gasteiger partial charge in [-0.05, 0) is 30.5 Å². The van der Waals surface area contributed by atoms with E-state index in [1.54, 1.807) is 19.2 Å². The number of nitrogens with one attached hydrogen (secondary N) is 2. The van der Waals surface area contributed by atoms with E-state index in [1.807, 2.05) is 12.1 Å². The zero-order valence-electron chi connectivity index (χ0n) is 11.9. The maximum absolute atomic E-state index is 11.8. The molecule has 0 unspecified atom stereocenters. The van der Waals surface area contributed by atoms with E-state index in [0.717, 1.165) is 24.8 Å². The van der Waals surface area contributed by atoms with E-state index >= 15 is 0 Å². The third kappa shape index (κ3) is 5.84. The third-order valence-corrected chi connectivity index (χ3v) is 3.10. The molecule has 1 rings (SSSR count). The summed E-state index contributed by atoms with van der Waals surface area (Å²) in [7, 11) is 1.64. The highest BCUT2D eigenvalue weighted by atomic mass is 16.2. The summed E-state index contributed by atoms with van der Waals surface area (Å²) in [6.45, 7) is 1.11. The number of benzene rings is 1. The average molecular weight is 277 g/mol. The number of rotatable bonds is 8. The van der Waals surface area contributed by atoms with Gasteiger partial charge in [0.1, 0.15) is 0 Å². The summed E-state index contributed by atoms with van der Waals surface area (Å²) in [6.07, 6.45) is 3.20. The summed E-state index contributed by atoms with van der Waals surface area (Å²) in [5.41, 5.74) is 7.16. The monoisotopic (exact) mass is 277 g/mol. The molecule has 4 N–H and O–H groups in total. The van der Waals surface area contributed by atoms with Gasteiger partial charge in [0, 0.05) is 32.1 Å². The maximum atomic E-state index is 11.8. The van der Waals surface area contributed by atoms with Gasteiger partial charge in [-0.25, -0.2) is 0 Å². The number of hydrogen-bond acceptors (Lipinski definition) is 3. The fourth-order valence-electron chi connectivity index (χ4n) is 1.81. The minimum atomic E-state index is -0.0696. The Hall–Kier alpha value is -1.88. The molecular weight excluding hydrogens is 254 g/mol. The van der Waals surface area contributed by atoms with Crippen LogP contribution in [-0.2, 0) is 11.3 Å². The van der Waals surface area contributed by atoms with Crippen LogP contribution in [0.1, 0.15) is 41.6 Å². The SMILES string of the molecule is CNC(=O)CCCCCNC(=O)c1ccc(CN)cc1. The van der Waals surface area contributed by atoms with Crippen molar-refractivity contribution < 1.29 is 9.59 Å². The Morgan fingerprint density at radius 3 is 2.40 bits per heavy atom. The first-order valence-corrected chi connectivity index (χ1v) is 6.95. The second kappa shape index (κ2) is 9.09. The maximum Gasteiger partial charge on any atom is 0.251 e. The lowest BCUT2D eigenvalue weighted by Crippen LogP contribution is -2.24. The van der Waals surface area contributed by atoms with Crippen molar-refractivity contribution in [1.82, 2.24) is 10.6 Å². The van der Waals surface area contributed by atoms with Gasteiger partial charge in [0.05, 0.1) is 0 Å². The van der Waals surface area contributed by atoms with Crippen LogP contribution in [-0.4, -0.2) is 25.4 Å². The van der Waals surface area contributed by atoms with Crippen molar-refractivity contribution in [3.8, 4) is 0 Å². The van der Waals surface area contributed by atoms with Crippen molar-refractivity contribution >= 4 is 11.8 Å². The van der Waals surface area contributed by atoms with E-state index < -0.39 is 0 Å². The Bertz CT molecular complexity index is 429. The van der Waals surface area contributed by atoms with Crippen molar-refractivity contribution in [2.45, 2.75) is 32.2 Å². The minimum Gasteiger partial charge on any atom is -0.359 e. The Balaban J connectivity index is 2.18. The number of unbranched alkanes of at least 4 members (excludes halogenated alkanes) is 2. The fourth-order valence-corrected chi connectivity index (χ4v) is 1.81. The molecule has 5 heteroatoms. The van der Waals surface area contributed by atoms with E-state index in [1.165, 1.54) is 0 Å². The molecule has 1 aromatic carbocycles. The van der Waals surface area contributed by atoms with Crippen LogP contribution in [0.3, 0.4) is 0 Å². The molecule has 0 atom stereocenters. The quantitative estimate of drug-likeness (QED) is 0.624. The van der Waals surface area contributed by atoms with Crippen molar-refractivity contribution in [3.63, 3.8) is 0 Å². The van der Waals surface area contributed by atoms with Crippen molar-refractivity contribution in [2.75, 3.05) is 13.6 Å². The van der Waals surface area contributed by atoms with Crippen LogP contribution in [0.4, 0.5) is 0 Å². The molecule has 0 bridgehead atoms. The van der Waals surface area contributed by atoms with Gasteiger partial charge in [-0.2, -0.15) is 0 Å².